The molecule has 0 aliphatic carbocycles. The molecule has 0 unspecified atom stereocenters. The van der Waals surface area contributed by atoms with Gasteiger partial charge in [-0.3, -0.25) is 14.7 Å². The van der Waals surface area contributed by atoms with E-state index >= 15 is 0 Å². The Morgan fingerprint density at radius 1 is 0.889 bits per heavy atom. The SMILES string of the molecule is C.N.NCCS(=O)(=O)O.NCCS(=O)(=O)ON.NOS(=O)(=O)CC[N+](=O)[O-].[HH]. The Morgan fingerprint density at radius 3 is 1.37 bits per heavy atom. The Bertz CT molecular complexity index is 669. The maximum absolute atomic E-state index is 10.3. The maximum Gasteiger partial charge on any atom is 0.289 e. The number of nitrogens with two attached hydrogens (primary N) is 4. The van der Waals surface area contributed by atoms with Gasteiger partial charge in [-0.1, -0.05) is 7.43 Å². The normalized spacial score (nSPS) is 10.7. The molecule has 17 nitrogen and oxygen atoms in total. The fourth-order valence-electron chi connectivity index (χ4n) is 0.576. The van der Waals surface area contributed by atoms with Gasteiger partial charge in [-0.2, -0.15) is 45.6 Å². The van der Waals surface area contributed by atoms with Crippen LogP contribution in [0.25, 0.3) is 0 Å². The number of hydrogen-bond acceptors (Lipinski definition) is 15. The van der Waals surface area contributed by atoms with Crippen molar-refractivity contribution in [2.24, 2.45) is 23.3 Å². The lowest BCUT2D eigenvalue weighted by Crippen LogP contribution is -2.20. The minimum atomic E-state index is -3.88. The Balaban J connectivity index is -0.0000000625. The summed E-state index contributed by atoms with van der Waals surface area (Å²) < 4.78 is 75.2. The molecule has 0 spiro atoms. The molecule has 12 N–H and O–H groups in total. The highest BCUT2D eigenvalue weighted by molar-refractivity contribution is 7.87. The van der Waals surface area contributed by atoms with Crippen LogP contribution in [0.3, 0.4) is 0 Å². The van der Waals surface area contributed by atoms with Crippen molar-refractivity contribution < 1.29 is 44.7 Å². The minimum Gasteiger partial charge on any atom is -0.344 e. The van der Waals surface area contributed by atoms with Gasteiger partial charge in [0.2, 0.25) is 6.54 Å². The molecule has 0 aromatic carbocycles. The van der Waals surface area contributed by atoms with E-state index in [1.54, 1.807) is 0 Å². The zero-order chi connectivity index (χ0) is 20.7. The Kier molecular flexibility index (Phi) is 24.9. The van der Waals surface area contributed by atoms with Gasteiger partial charge in [-0.25, -0.2) is 0 Å². The topological polar surface area (TPSA) is 323 Å². The number of nitro groups is 1. The summed E-state index contributed by atoms with van der Waals surface area (Å²) >= 11 is 0. The summed E-state index contributed by atoms with van der Waals surface area (Å²) in [5.74, 6) is 7.35. The van der Waals surface area contributed by atoms with E-state index in [-0.39, 0.29) is 39.6 Å². The van der Waals surface area contributed by atoms with Crippen molar-refractivity contribution in [2.45, 2.75) is 7.43 Å². The average Bonchev–Trinajstić information content (AvgIpc) is 2.45. The summed E-state index contributed by atoms with van der Waals surface area (Å²) in [5.41, 5.74) is 9.65. The third-order valence-corrected chi connectivity index (χ3v) is 4.32. The second-order valence-electron chi connectivity index (χ2n) is 3.64. The van der Waals surface area contributed by atoms with Gasteiger partial charge in [-0.05, 0) is 0 Å². The first-order valence-corrected chi connectivity index (χ1v) is 10.6. The van der Waals surface area contributed by atoms with Crippen molar-refractivity contribution in [1.82, 2.24) is 6.15 Å². The highest BCUT2D eigenvalue weighted by atomic mass is 32.2. The van der Waals surface area contributed by atoms with E-state index in [2.05, 4.69) is 20.4 Å². The molecule has 0 radical (unpaired) electrons. The van der Waals surface area contributed by atoms with Crippen LogP contribution in [-0.2, 0) is 38.9 Å². The molecule has 0 atom stereocenters. The smallest absolute Gasteiger partial charge is 0.289 e. The van der Waals surface area contributed by atoms with Crippen LogP contribution in [0.1, 0.15) is 8.85 Å². The fourth-order valence-corrected chi connectivity index (χ4v) is 1.73. The standard InChI is InChI=1S/C2H6N2O5S.C2H8N2O3S.C2H7NO3S.CH4.H3N.H2/c3-9-10(7,8)2-1-4(5)6;3-1-2-8(5,6)7-4;3-1-2-7(4,5)6;;;/h1-3H2;1-4H2;1-3H2,(H,4,5,6);1H4;1H3;1H. The molecule has 27 heavy (non-hydrogen) atoms. The molecule has 0 saturated heterocycles. The van der Waals surface area contributed by atoms with E-state index in [4.69, 9.17) is 16.0 Å². The molecule has 0 bridgehead atoms. The van der Waals surface area contributed by atoms with Gasteiger partial charge >= 0.3 is 0 Å². The number of nitrogens with zero attached hydrogens (tertiary/aromatic N) is 1. The zero-order valence-electron chi connectivity index (χ0n) is 13.5. The largest absolute Gasteiger partial charge is 0.344 e. The lowest BCUT2D eigenvalue weighted by atomic mass is 10.8. The van der Waals surface area contributed by atoms with E-state index in [1.165, 1.54) is 0 Å². The van der Waals surface area contributed by atoms with E-state index in [0.29, 0.717) is 0 Å². The van der Waals surface area contributed by atoms with Crippen molar-refractivity contribution in [1.29, 1.82) is 0 Å². The molecule has 0 heterocycles. The monoisotopic (exact) mass is 470 g/mol. The maximum atomic E-state index is 10.3. The van der Waals surface area contributed by atoms with Gasteiger partial charge in [0.25, 0.3) is 30.4 Å². The third kappa shape index (κ3) is 36.6. The second kappa shape index (κ2) is 18.3. The van der Waals surface area contributed by atoms with Crippen LogP contribution in [0.4, 0.5) is 0 Å². The quantitative estimate of drug-likeness (QED) is 0.108. The summed E-state index contributed by atoms with van der Waals surface area (Å²) in [4.78, 5) is 8.84. The van der Waals surface area contributed by atoms with Crippen LogP contribution >= 0.6 is 0 Å². The minimum absolute atomic E-state index is 0. The van der Waals surface area contributed by atoms with E-state index < -0.39 is 47.6 Å². The molecule has 0 saturated carbocycles. The van der Waals surface area contributed by atoms with Crippen molar-refractivity contribution >= 4 is 30.4 Å². The first-order valence-electron chi connectivity index (χ1n) is 5.85. The highest BCUT2D eigenvalue weighted by Gasteiger charge is 2.12. The van der Waals surface area contributed by atoms with Crippen LogP contribution in [0.15, 0.2) is 0 Å². The molecule has 0 aliphatic heterocycles. The van der Waals surface area contributed by atoms with Crippen molar-refractivity contribution in [2.75, 3.05) is 36.9 Å². The molecule has 0 fully saturated rings. The third-order valence-electron chi connectivity index (χ3n) is 1.56. The molecule has 0 aliphatic rings. The summed E-state index contributed by atoms with van der Waals surface area (Å²) in [6, 6.07) is 0. The van der Waals surface area contributed by atoms with Crippen LogP contribution < -0.4 is 29.4 Å². The van der Waals surface area contributed by atoms with Gasteiger partial charge in [0.15, 0.2) is 0 Å². The molecule has 0 amide bonds. The van der Waals surface area contributed by atoms with Crippen molar-refractivity contribution in [3.05, 3.63) is 10.1 Å². The van der Waals surface area contributed by atoms with Crippen LogP contribution in [0, 0.1) is 10.1 Å². The molecular weight excluding hydrogens is 440 g/mol. The number of rotatable bonds is 9. The molecule has 0 rings (SSSR count). The summed E-state index contributed by atoms with van der Waals surface area (Å²) in [5, 5.41) is 9.61. The second-order valence-corrected chi connectivity index (χ2v) is 8.64. The lowest BCUT2D eigenvalue weighted by Gasteiger charge is -1.93. The summed E-state index contributed by atoms with van der Waals surface area (Å²) in [6.07, 6.45) is 0. The molecular formula is C7H30N6O11S3. The molecule has 0 aromatic heterocycles. The summed E-state index contributed by atoms with van der Waals surface area (Å²) in [6.45, 7) is -0.697. The predicted octanol–water partition coefficient (Wildman–Crippen LogP) is -3.47. The Labute approximate surface area is 159 Å². The zero-order valence-corrected chi connectivity index (χ0v) is 15.9. The summed E-state index contributed by atoms with van der Waals surface area (Å²) in [7, 11) is -11.2. The van der Waals surface area contributed by atoms with Crippen molar-refractivity contribution in [3.63, 3.8) is 0 Å². The van der Waals surface area contributed by atoms with Crippen LogP contribution in [0.2, 0.25) is 0 Å². The highest BCUT2D eigenvalue weighted by Crippen LogP contribution is 1.86. The van der Waals surface area contributed by atoms with Crippen molar-refractivity contribution in [3.8, 4) is 0 Å². The Hall–Kier alpha value is -1.07. The van der Waals surface area contributed by atoms with E-state index in [1.807, 2.05) is 0 Å². The van der Waals surface area contributed by atoms with Gasteiger partial charge < -0.3 is 17.6 Å². The average molecular weight is 471 g/mol. The van der Waals surface area contributed by atoms with Gasteiger partial charge in [-0.15, -0.1) is 0 Å². The van der Waals surface area contributed by atoms with Crippen LogP contribution in [0.5, 0.6) is 0 Å². The Morgan fingerprint density at radius 2 is 1.22 bits per heavy atom. The van der Waals surface area contributed by atoms with E-state index in [0.717, 1.165) is 0 Å². The van der Waals surface area contributed by atoms with Gasteiger partial charge in [0, 0.05) is 19.4 Å². The molecule has 20 heteroatoms. The number of hydrogen-bond donors (Lipinski definition) is 6. The van der Waals surface area contributed by atoms with E-state index in [9.17, 15) is 35.4 Å². The predicted molar refractivity (Wildman–Crippen MR) is 98.4 cm³/mol. The molecule has 172 valence electrons. The molecule has 0 aromatic rings. The first-order chi connectivity index (χ1) is 11.2. The van der Waals surface area contributed by atoms with Gasteiger partial charge in [0.1, 0.15) is 5.75 Å². The van der Waals surface area contributed by atoms with Crippen LogP contribution in [-0.4, -0.2) is 71.6 Å². The lowest BCUT2D eigenvalue weighted by molar-refractivity contribution is -0.474. The fraction of sp³-hybridized carbons (Fsp3) is 1.00. The van der Waals surface area contributed by atoms with Gasteiger partial charge in [0.05, 0.1) is 11.5 Å². The first kappa shape index (κ1) is 36.8.